The highest BCUT2D eigenvalue weighted by molar-refractivity contribution is 9.11. The molecule has 2 saturated carbocycles. The van der Waals surface area contributed by atoms with Gasteiger partial charge in [0.05, 0.1) is 0 Å². The van der Waals surface area contributed by atoms with E-state index in [1.54, 1.807) is 0 Å². The van der Waals surface area contributed by atoms with Crippen molar-refractivity contribution in [2.75, 3.05) is 5.32 Å². The molecular formula is C16H21Br2N. The Kier molecular flexibility index (Phi) is 3.29. The number of anilines is 1. The lowest BCUT2D eigenvalue weighted by molar-refractivity contribution is 0.155. The predicted octanol–water partition coefficient (Wildman–Crippen LogP) is 5.84. The van der Waals surface area contributed by atoms with Gasteiger partial charge in [0.15, 0.2) is 0 Å². The van der Waals surface area contributed by atoms with E-state index in [2.05, 4.69) is 76.1 Å². The third-order valence-corrected chi connectivity index (χ3v) is 6.65. The van der Waals surface area contributed by atoms with Gasteiger partial charge in [-0.25, -0.2) is 0 Å². The molecule has 104 valence electrons. The van der Waals surface area contributed by atoms with E-state index >= 15 is 0 Å². The maximum atomic E-state index is 3.83. The van der Waals surface area contributed by atoms with Crippen molar-refractivity contribution in [3.8, 4) is 0 Å². The Balaban J connectivity index is 1.90. The van der Waals surface area contributed by atoms with Crippen LogP contribution in [0.1, 0.15) is 40.0 Å². The van der Waals surface area contributed by atoms with Gasteiger partial charge in [-0.1, -0.05) is 36.7 Å². The Morgan fingerprint density at radius 2 is 1.95 bits per heavy atom. The highest BCUT2D eigenvalue weighted by Crippen LogP contribution is 2.63. The van der Waals surface area contributed by atoms with Crippen LogP contribution in [0.4, 0.5) is 5.69 Å². The molecule has 0 radical (unpaired) electrons. The molecule has 2 aliphatic rings. The molecule has 0 aliphatic heterocycles. The summed E-state index contributed by atoms with van der Waals surface area (Å²) in [5.74, 6) is 0.879. The molecule has 0 amide bonds. The highest BCUT2D eigenvalue weighted by Gasteiger charge is 2.59. The predicted molar refractivity (Wildman–Crippen MR) is 88.5 cm³/mol. The van der Waals surface area contributed by atoms with Crippen LogP contribution in [0.3, 0.4) is 0 Å². The minimum Gasteiger partial charge on any atom is -0.380 e. The topological polar surface area (TPSA) is 12.0 Å². The van der Waals surface area contributed by atoms with E-state index in [1.165, 1.54) is 24.9 Å². The summed E-state index contributed by atoms with van der Waals surface area (Å²) in [4.78, 5) is 0. The minimum absolute atomic E-state index is 0.388. The molecule has 1 aromatic carbocycles. The molecule has 0 spiro atoms. The normalized spacial score (nSPS) is 35.6. The summed E-state index contributed by atoms with van der Waals surface area (Å²) < 4.78 is 2.26. The van der Waals surface area contributed by atoms with Crippen LogP contribution in [0.5, 0.6) is 0 Å². The van der Waals surface area contributed by atoms with Gasteiger partial charge in [-0.15, -0.1) is 0 Å². The van der Waals surface area contributed by atoms with Crippen molar-refractivity contribution in [2.24, 2.45) is 16.7 Å². The lowest BCUT2D eigenvalue weighted by atomic mass is 9.68. The first-order chi connectivity index (χ1) is 8.83. The SMILES string of the molecule is CC1(C)C(Nc2ccc(Br)cc2Br)[C@]2(C)CC[C@H]1C2. The maximum Gasteiger partial charge on any atom is 0.0487 e. The molecule has 2 bridgehead atoms. The molecule has 2 aliphatic carbocycles. The van der Waals surface area contributed by atoms with Gasteiger partial charge in [-0.3, -0.25) is 0 Å². The second-order valence-corrected chi connectivity index (χ2v) is 8.89. The molecule has 1 nitrogen and oxygen atoms in total. The molecule has 19 heavy (non-hydrogen) atoms. The molecular weight excluding hydrogens is 366 g/mol. The molecule has 3 heteroatoms. The van der Waals surface area contributed by atoms with Crippen molar-refractivity contribution < 1.29 is 0 Å². The van der Waals surface area contributed by atoms with Gasteiger partial charge in [-0.05, 0) is 70.1 Å². The molecule has 0 heterocycles. The summed E-state index contributed by atoms with van der Waals surface area (Å²) in [6.45, 7) is 7.34. The second-order valence-electron chi connectivity index (χ2n) is 7.12. The van der Waals surface area contributed by atoms with E-state index < -0.39 is 0 Å². The number of hydrogen-bond acceptors (Lipinski definition) is 1. The van der Waals surface area contributed by atoms with E-state index in [0.717, 1.165) is 14.9 Å². The minimum atomic E-state index is 0.388. The van der Waals surface area contributed by atoms with Crippen LogP contribution in [-0.4, -0.2) is 6.04 Å². The van der Waals surface area contributed by atoms with Gasteiger partial charge in [0.1, 0.15) is 0 Å². The van der Waals surface area contributed by atoms with Crippen molar-refractivity contribution in [1.82, 2.24) is 0 Å². The number of fused-ring (bicyclic) bond motifs is 2. The first kappa shape index (κ1) is 13.9. The van der Waals surface area contributed by atoms with Gasteiger partial charge >= 0.3 is 0 Å². The van der Waals surface area contributed by atoms with Crippen molar-refractivity contribution >= 4 is 37.5 Å². The zero-order valence-electron chi connectivity index (χ0n) is 11.8. The number of rotatable bonds is 2. The number of halogens is 2. The van der Waals surface area contributed by atoms with Crippen molar-refractivity contribution in [3.63, 3.8) is 0 Å². The zero-order chi connectivity index (χ0) is 13.8. The van der Waals surface area contributed by atoms with Crippen LogP contribution < -0.4 is 5.32 Å². The zero-order valence-corrected chi connectivity index (χ0v) is 14.9. The van der Waals surface area contributed by atoms with E-state index in [1.807, 2.05) is 0 Å². The Morgan fingerprint density at radius 1 is 1.21 bits per heavy atom. The summed E-state index contributed by atoms with van der Waals surface area (Å²) in [6.07, 6.45) is 4.15. The molecule has 3 rings (SSSR count). The highest BCUT2D eigenvalue weighted by atomic mass is 79.9. The average molecular weight is 387 g/mol. The number of benzene rings is 1. The van der Waals surface area contributed by atoms with Crippen molar-refractivity contribution in [3.05, 3.63) is 27.1 Å². The van der Waals surface area contributed by atoms with E-state index in [0.29, 0.717) is 16.9 Å². The monoisotopic (exact) mass is 385 g/mol. The summed E-state index contributed by atoms with van der Waals surface area (Å²) in [5, 5.41) is 3.83. The average Bonchev–Trinajstić information content (AvgIpc) is 2.78. The van der Waals surface area contributed by atoms with Crippen molar-refractivity contribution in [1.29, 1.82) is 0 Å². The van der Waals surface area contributed by atoms with E-state index in [4.69, 9.17) is 0 Å². The van der Waals surface area contributed by atoms with Gasteiger partial charge in [0.25, 0.3) is 0 Å². The first-order valence-corrected chi connectivity index (χ1v) is 8.63. The van der Waals surface area contributed by atoms with Crippen LogP contribution in [-0.2, 0) is 0 Å². The largest absolute Gasteiger partial charge is 0.380 e. The fourth-order valence-electron chi connectivity index (χ4n) is 4.42. The van der Waals surface area contributed by atoms with Crippen LogP contribution >= 0.6 is 31.9 Å². The molecule has 1 aromatic rings. The summed E-state index contributed by atoms with van der Waals surface area (Å²) >= 11 is 7.19. The molecule has 1 unspecified atom stereocenters. The summed E-state index contributed by atoms with van der Waals surface area (Å²) in [7, 11) is 0. The maximum absolute atomic E-state index is 3.83. The Hall–Kier alpha value is -0.0200. The van der Waals surface area contributed by atoms with Gasteiger partial charge in [-0.2, -0.15) is 0 Å². The molecule has 1 N–H and O–H groups in total. The summed E-state index contributed by atoms with van der Waals surface area (Å²) in [5.41, 5.74) is 2.07. The van der Waals surface area contributed by atoms with Gasteiger partial charge in [0, 0.05) is 20.7 Å². The van der Waals surface area contributed by atoms with E-state index in [9.17, 15) is 0 Å². The Labute approximate surface area is 132 Å². The second kappa shape index (κ2) is 4.49. The Bertz CT molecular complexity index is 507. The fourth-order valence-corrected chi connectivity index (χ4v) is 5.59. The quantitative estimate of drug-likeness (QED) is 0.673. The number of hydrogen-bond donors (Lipinski definition) is 1. The van der Waals surface area contributed by atoms with Crippen LogP contribution in [0.2, 0.25) is 0 Å². The molecule has 0 aromatic heterocycles. The number of nitrogens with one attached hydrogen (secondary N) is 1. The molecule has 3 atom stereocenters. The van der Waals surface area contributed by atoms with E-state index in [-0.39, 0.29) is 0 Å². The van der Waals surface area contributed by atoms with Gasteiger partial charge < -0.3 is 5.32 Å². The van der Waals surface area contributed by atoms with Crippen LogP contribution in [0, 0.1) is 16.7 Å². The third kappa shape index (κ3) is 2.17. The molecule has 0 saturated heterocycles. The lowest BCUT2D eigenvalue weighted by Crippen LogP contribution is -2.45. The lowest BCUT2D eigenvalue weighted by Gasteiger charge is -2.43. The Morgan fingerprint density at radius 3 is 2.53 bits per heavy atom. The summed E-state index contributed by atoms with van der Waals surface area (Å²) in [6, 6.07) is 6.95. The van der Waals surface area contributed by atoms with Crippen LogP contribution in [0.15, 0.2) is 27.1 Å². The van der Waals surface area contributed by atoms with Crippen molar-refractivity contribution in [2.45, 2.75) is 46.1 Å². The van der Waals surface area contributed by atoms with Crippen LogP contribution in [0.25, 0.3) is 0 Å². The third-order valence-electron chi connectivity index (χ3n) is 5.50. The smallest absolute Gasteiger partial charge is 0.0487 e. The molecule has 2 fully saturated rings. The fraction of sp³-hybridized carbons (Fsp3) is 0.625. The standard InChI is InChI=1S/C16H21Br2N/c1-15(2)10-6-7-16(3,9-10)14(15)19-13-5-4-11(17)8-12(13)18/h4-5,8,10,14,19H,6-7,9H2,1-3H3/t10-,14?,16+/m0/s1. The first-order valence-electron chi connectivity index (χ1n) is 7.04. The van der Waals surface area contributed by atoms with Gasteiger partial charge in [0.2, 0.25) is 0 Å².